The summed E-state index contributed by atoms with van der Waals surface area (Å²) < 4.78 is 0. The normalized spacial score (nSPS) is 29.2. The van der Waals surface area contributed by atoms with Gasteiger partial charge in [-0.3, -0.25) is 0 Å². The number of nitrogens with one attached hydrogen (secondary N) is 1. The predicted octanol–water partition coefficient (Wildman–Crippen LogP) is 3.27. The van der Waals surface area contributed by atoms with Crippen molar-refractivity contribution in [3.05, 3.63) is 34.9 Å². The highest BCUT2D eigenvalue weighted by Crippen LogP contribution is 2.37. The van der Waals surface area contributed by atoms with Crippen molar-refractivity contribution in [2.24, 2.45) is 0 Å². The van der Waals surface area contributed by atoms with Gasteiger partial charge in [0.1, 0.15) is 0 Å². The summed E-state index contributed by atoms with van der Waals surface area (Å²) in [5.74, 6) is 0.737. The Bertz CT molecular complexity index is 403. The van der Waals surface area contributed by atoms with E-state index in [0.717, 1.165) is 23.0 Å². The SMILES string of the molecule is CN1CCC(NC2CC(c3ccc(Cl)cc3)C2)CC1. The zero-order valence-electron chi connectivity index (χ0n) is 11.6. The van der Waals surface area contributed by atoms with Gasteiger partial charge in [-0.05, 0) is 69.4 Å². The third-order valence-electron chi connectivity index (χ3n) is 4.67. The van der Waals surface area contributed by atoms with Crippen LogP contribution >= 0.6 is 11.6 Å². The van der Waals surface area contributed by atoms with E-state index in [2.05, 4.69) is 29.4 Å². The molecule has 3 rings (SSSR count). The quantitative estimate of drug-likeness (QED) is 0.913. The molecule has 1 aromatic rings. The molecule has 0 bridgehead atoms. The molecule has 2 fully saturated rings. The van der Waals surface area contributed by atoms with E-state index >= 15 is 0 Å². The highest BCUT2D eigenvalue weighted by molar-refractivity contribution is 6.30. The van der Waals surface area contributed by atoms with E-state index in [1.807, 2.05) is 12.1 Å². The van der Waals surface area contributed by atoms with E-state index in [0.29, 0.717) is 0 Å². The fraction of sp³-hybridized carbons (Fsp3) is 0.625. The Morgan fingerprint density at radius 1 is 1.05 bits per heavy atom. The van der Waals surface area contributed by atoms with Crippen LogP contribution in [0.3, 0.4) is 0 Å². The molecule has 1 N–H and O–H groups in total. The zero-order chi connectivity index (χ0) is 13.2. The summed E-state index contributed by atoms with van der Waals surface area (Å²) in [6.45, 7) is 2.48. The number of hydrogen-bond donors (Lipinski definition) is 1. The van der Waals surface area contributed by atoms with Crippen molar-refractivity contribution in [3.8, 4) is 0 Å². The average molecular weight is 279 g/mol. The van der Waals surface area contributed by atoms with Crippen molar-refractivity contribution in [2.45, 2.75) is 43.7 Å². The Kier molecular flexibility index (Phi) is 4.11. The number of halogens is 1. The van der Waals surface area contributed by atoms with E-state index < -0.39 is 0 Å². The van der Waals surface area contributed by atoms with Gasteiger partial charge < -0.3 is 10.2 Å². The predicted molar refractivity (Wildman–Crippen MR) is 80.9 cm³/mol. The van der Waals surface area contributed by atoms with Crippen molar-refractivity contribution in [1.82, 2.24) is 10.2 Å². The highest BCUT2D eigenvalue weighted by atomic mass is 35.5. The minimum atomic E-state index is 0.731. The van der Waals surface area contributed by atoms with Gasteiger partial charge in [-0.25, -0.2) is 0 Å². The largest absolute Gasteiger partial charge is 0.311 e. The van der Waals surface area contributed by atoms with E-state index in [-0.39, 0.29) is 0 Å². The molecule has 1 heterocycles. The molecular weight excluding hydrogens is 256 g/mol. The molecule has 0 amide bonds. The Balaban J connectivity index is 1.44. The number of hydrogen-bond acceptors (Lipinski definition) is 2. The van der Waals surface area contributed by atoms with Crippen molar-refractivity contribution in [3.63, 3.8) is 0 Å². The summed E-state index contributed by atoms with van der Waals surface area (Å²) in [5.41, 5.74) is 1.45. The van der Waals surface area contributed by atoms with Gasteiger partial charge in [-0.2, -0.15) is 0 Å². The zero-order valence-corrected chi connectivity index (χ0v) is 12.4. The molecule has 2 nitrogen and oxygen atoms in total. The van der Waals surface area contributed by atoms with Crippen LogP contribution in [0.15, 0.2) is 24.3 Å². The lowest BCUT2D eigenvalue weighted by atomic mass is 9.75. The minimum absolute atomic E-state index is 0.731. The lowest BCUT2D eigenvalue weighted by Crippen LogP contribution is -2.49. The molecule has 0 unspecified atom stereocenters. The second-order valence-corrected chi connectivity index (χ2v) is 6.60. The van der Waals surface area contributed by atoms with Gasteiger partial charge in [0.05, 0.1) is 0 Å². The summed E-state index contributed by atoms with van der Waals surface area (Å²) in [4.78, 5) is 2.43. The summed E-state index contributed by atoms with van der Waals surface area (Å²) in [6.07, 6.45) is 5.18. The Labute approximate surface area is 121 Å². The second kappa shape index (κ2) is 5.82. The Morgan fingerprint density at radius 2 is 1.68 bits per heavy atom. The van der Waals surface area contributed by atoms with Crippen LogP contribution in [0.2, 0.25) is 5.02 Å². The lowest BCUT2D eigenvalue weighted by molar-refractivity contribution is 0.192. The summed E-state index contributed by atoms with van der Waals surface area (Å²) in [5, 5.41) is 4.67. The molecule has 19 heavy (non-hydrogen) atoms. The summed E-state index contributed by atoms with van der Waals surface area (Å²) in [7, 11) is 2.22. The maximum atomic E-state index is 5.93. The molecule has 0 spiro atoms. The van der Waals surface area contributed by atoms with Crippen LogP contribution in [-0.2, 0) is 0 Å². The van der Waals surface area contributed by atoms with Crippen LogP contribution in [0.4, 0.5) is 0 Å². The van der Waals surface area contributed by atoms with Crippen molar-refractivity contribution in [2.75, 3.05) is 20.1 Å². The molecule has 1 aromatic carbocycles. The van der Waals surface area contributed by atoms with E-state index in [1.165, 1.54) is 44.3 Å². The molecule has 0 aromatic heterocycles. The third-order valence-corrected chi connectivity index (χ3v) is 4.92. The fourth-order valence-electron chi connectivity index (χ4n) is 3.27. The average Bonchev–Trinajstić information content (AvgIpc) is 2.37. The van der Waals surface area contributed by atoms with Gasteiger partial charge in [0.2, 0.25) is 0 Å². The van der Waals surface area contributed by atoms with Crippen molar-refractivity contribution in [1.29, 1.82) is 0 Å². The van der Waals surface area contributed by atoms with Crippen LogP contribution in [0.5, 0.6) is 0 Å². The molecule has 2 aliphatic rings. The first kappa shape index (κ1) is 13.4. The standard InChI is InChI=1S/C16H23ClN2/c1-19-8-6-15(7-9-19)18-16-10-13(11-16)12-2-4-14(17)5-3-12/h2-5,13,15-16,18H,6-11H2,1H3. The van der Waals surface area contributed by atoms with Crippen molar-refractivity contribution < 1.29 is 0 Å². The smallest absolute Gasteiger partial charge is 0.0406 e. The van der Waals surface area contributed by atoms with Crippen LogP contribution in [0, 0.1) is 0 Å². The van der Waals surface area contributed by atoms with Crippen LogP contribution in [-0.4, -0.2) is 37.1 Å². The molecular formula is C16H23ClN2. The van der Waals surface area contributed by atoms with Gasteiger partial charge in [-0.15, -0.1) is 0 Å². The van der Waals surface area contributed by atoms with E-state index in [1.54, 1.807) is 0 Å². The molecule has 1 saturated heterocycles. The van der Waals surface area contributed by atoms with E-state index in [4.69, 9.17) is 11.6 Å². The minimum Gasteiger partial charge on any atom is -0.311 e. The fourth-order valence-corrected chi connectivity index (χ4v) is 3.40. The molecule has 1 aliphatic heterocycles. The van der Waals surface area contributed by atoms with Gasteiger partial charge in [-0.1, -0.05) is 23.7 Å². The maximum absolute atomic E-state index is 5.93. The second-order valence-electron chi connectivity index (χ2n) is 6.16. The first-order valence-electron chi connectivity index (χ1n) is 7.41. The summed E-state index contributed by atoms with van der Waals surface area (Å²) >= 11 is 5.93. The first-order chi connectivity index (χ1) is 9.20. The first-order valence-corrected chi connectivity index (χ1v) is 7.78. The number of benzene rings is 1. The number of nitrogens with zero attached hydrogens (tertiary/aromatic N) is 1. The lowest BCUT2D eigenvalue weighted by Gasteiger charge is -2.40. The summed E-state index contributed by atoms with van der Waals surface area (Å²) in [6, 6.07) is 9.85. The topological polar surface area (TPSA) is 15.3 Å². The number of piperidine rings is 1. The molecule has 0 atom stereocenters. The molecule has 104 valence electrons. The third kappa shape index (κ3) is 3.31. The molecule has 1 aliphatic carbocycles. The molecule has 1 saturated carbocycles. The monoisotopic (exact) mass is 278 g/mol. The molecule has 3 heteroatoms. The van der Waals surface area contributed by atoms with E-state index in [9.17, 15) is 0 Å². The van der Waals surface area contributed by atoms with Gasteiger partial charge in [0.25, 0.3) is 0 Å². The number of likely N-dealkylation sites (tertiary alicyclic amines) is 1. The Morgan fingerprint density at radius 3 is 2.32 bits per heavy atom. The Hall–Kier alpha value is -0.570. The van der Waals surface area contributed by atoms with Crippen LogP contribution < -0.4 is 5.32 Å². The molecule has 0 radical (unpaired) electrons. The highest BCUT2D eigenvalue weighted by Gasteiger charge is 2.32. The van der Waals surface area contributed by atoms with Gasteiger partial charge in [0.15, 0.2) is 0 Å². The van der Waals surface area contributed by atoms with Crippen LogP contribution in [0.25, 0.3) is 0 Å². The van der Waals surface area contributed by atoms with Crippen LogP contribution in [0.1, 0.15) is 37.2 Å². The van der Waals surface area contributed by atoms with Gasteiger partial charge >= 0.3 is 0 Å². The van der Waals surface area contributed by atoms with Crippen molar-refractivity contribution >= 4 is 11.6 Å². The van der Waals surface area contributed by atoms with Gasteiger partial charge in [0, 0.05) is 17.1 Å². The maximum Gasteiger partial charge on any atom is 0.0406 e. The number of rotatable bonds is 3.